The Balaban J connectivity index is 2.55. The van der Waals surface area contributed by atoms with E-state index in [0.717, 1.165) is 0 Å². The van der Waals surface area contributed by atoms with Gasteiger partial charge < -0.3 is 14.3 Å². The van der Waals surface area contributed by atoms with Crippen molar-refractivity contribution >= 4 is 33.8 Å². The van der Waals surface area contributed by atoms with Crippen LogP contribution in [0.4, 0.5) is 0 Å². The van der Waals surface area contributed by atoms with E-state index in [0.29, 0.717) is 12.5 Å². The first-order valence-corrected chi connectivity index (χ1v) is 6.18. The van der Waals surface area contributed by atoms with Crippen LogP contribution in [0.15, 0.2) is 0 Å². The van der Waals surface area contributed by atoms with E-state index in [9.17, 15) is 0 Å². The van der Waals surface area contributed by atoms with Crippen molar-refractivity contribution in [2.24, 2.45) is 0 Å². The lowest BCUT2D eigenvalue weighted by Crippen LogP contribution is -2.51. The van der Waals surface area contributed by atoms with Gasteiger partial charge in [-0.15, -0.1) is 21.3 Å². The fraction of sp³-hybridized carbons (Fsp3) is 1.00. The Morgan fingerprint density at radius 2 is 1.25 bits per heavy atom. The summed E-state index contributed by atoms with van der Waals surface area (Å²) in [5.41, 5.74) is 0. The van der Waals surface area contributed by atoms with Gasteiger partial charge >= 0.3 is 12.5 Å². The Labute approximate surface area is 83.7 Å². The zero-order chi connectivity index (χ0) is 9.30. The van der Waals surface area contributed by atoms with E-state index in [1.165, 1.54) is 0 Å². The van der Waals surface area contributed by atoms with E-state index >= 15 is 0 Å². The fourth-order valence-corrected chi connectivity index (χ4v) is 4.81. The maximum atomic E-state index is 2.37. The number of hydrogen-bond donors (Lipinski definition) is 0. The van der Waals surface area contributed by atoms with Gasteiger partial charge in [-0.1, -0.05) is 0 Å². The van der Waals surface area contributed by atoms with E-state index in [-0.39, 0.29) is 0 Å². The van der Waals surface area contributed by atoms with Crippen LogP contribution in [0, 0.1) is 0 Å². The molecule has 0 atom stereocenters. The molecule has 7 heteroatoms. The topological polar surface area (TPSA) is 9.72 Å². The van der Waals surface area contributed by atoms with Gasteiger partial charge in [0.2, 0.25) is 0 Å². The number of nitrogens with zero attached hydrogens (tertiary/aromatic N) is 3. The first-order valence-electron chi connectivity index (χ1n) is 3.91. The second kappa shape index (κ2) is 4.28. The van der Waals surface area contributed by atoms with Gasteiger partial charge in [-0.05, 0) is 35.2 Å². The molecule has 0 amide bonds. The van der Waals surface area contributed by atoms with Crippen LogP contribution in [0.25, 0.3) is 0 Å². The smallest absolute Gasteiger partial charge is 0.338 e. The third-order valence-electron chi connectivity index (χ3n) is 1.81. The van der Waals surface area contributed by atoms with E-state index in [1.807, 2.05) is 21.3 Å². The molecule has 12 heavy (non-hydrogen) atoms. The minimum absolute atomic E-state index is 0.502. The van der Waals surface area contributed by atoms with Crippen molar-refractivity contribution in [1.29, 1.82) is 0 Å². The van der Waals surface area contributed by atoms with E-state index < -0.39 is 0 Å². The molecule has 0 N–H and O–H groups in total. The summed E-state index contributed by atoms with van der Waals surface area (Å²) in [5, 5.41) is 0. The Morgan fingerprint density at radius 1 is 0.917 bits per heavy atom. The van der Waals surface area contributed by atoms with E-state index in [1.54, 1.807) is 0 Å². The summed E-state index contributed by atoms with van der Waals surface area (Å²) in [6, 6.07) is 0. The third-order valence-corrected chi connectivity index (χ3v) is 5.14. The average Bonchev–Trinajstić information content (AvgIpc) is 2.30. The molecule has 0 aromatic carbocycles. The highest BCUT2D eigenvalue weighted by Gasteiger charge is 2.42. The molecule has 68 valence electrons. The molecule has 0 aromatic heterocycles. The highest BCUT2D eigenvalue weighted by Crippen LogP contribution is 2.38. The van der Waals surface area contributed by atoms with Crippen molar-refractivity contribution in [3.05, 3.63) is 0 Å². The molecule has 0 aromatic rings. The Hall–Kier alpha value is 0.710. The molecule has 3 nitrogen and oxygen atoms in total. The van der Waals surface area contributed by atoms with E-state index in [4.69, 9.17) is 0 Å². The van der Waals surface area contributed by atoms with Gasteiger partial charge in [0.05, 0.1) is 0 Å². The van der Waals surface area contributed by atoms with Crippen LogP contribution in [0.5, 0.6) is 0 Å². The molecule has 1 fully saturated rings. The fourth-order valence-electron chi connectivity index (χ4n) is 1.24. The lowest BCUT2D eigenvalue weighted by Gasteiger charge is -2.26. The minimum Gasteiger partial charge on any atom is -0.338 e. The lowest BCUT2D eigenvalue weighted by molar-refractivity contribution is 0.555. The second-order valence-corrected chi connectivity index (χ2v) is 5.82. The molecule has 0 unspecified atom stereocenters. The van der Waals surface area contributed by atoms with Gasteiger partial charge in [-0.2, -0.15) is 0 Å². The van der Waals surface area contributed by atoms with Crippen molar-refractivity contribution < 1.29 is 0 Å². The zero-order valence-corrected chi connectivity index (χ0v) is 9.95. The molecule has 0 bridgehead atoms. The Bertz CT molecular complexity index is 142. The van der Waals surface area contributed by atoms with Gasteiger partial charge in [0.15, 0.2) is 0 Å². The summed E-state index contributed by atoms with van der Waals surface area (Å²) in [6.07, 6.45) is 1.00. The minimum atomic E-state index is 0.502. The normalized spacial score (nSPS) is 20.2. The SMILES string of the molecule is CN(C)B1SSB(N(C)C)N1C. The molecular weight excluding hydrogens is 188 g/mol. The van der Waals surface area contributed by atoms with Crippen molar-refractivity contribution in [3.8, 4) is 0 Å². The van der Waals surface area contributed by atoms with Gasteiger partial charge in [0.25, 0.3) is 0 Å². The average molecular weight is 203 g/mol. The van der Waals surface area contributed by atoms with Crippen molar-refractivity contribution in [3.63, 3.8) is 0 Å². The molecule has 1 saturated heterocycles. The third kappa shape index (κ3) is 2.14. The molecule has 0 radical (unpaired) electrons. The lowest BCUT2D eigenvalue weighted by atomic mass is 9.90. The summed E-state index contributed by atoms with van der Waals surface area (Å²) in [7, 11) is 14.5. The molecule has 1 aliphatic heterocycles. The van der Waals surface area contributed by atoms with Gasteiger partial charge in [0.1, 0.15) is 0 Å². The molecule has 0 spiro atoms. The highest BCUT2D eigenvalue weighted by molar-refractivity contribution is 8.95. The predicted octanol–water partition coefficient (Wildman–Crippen LogP) is 0.406. The Kier molecular flexibility index (Phi) is 3.85. The largest absolute Gasteiger partial charge is 0.381 e. The van der Waals surface area contributed by atoms with Crippen molar-refractivity contribution in [2.45, 2.75) is 0 Å². The monoisotopic (exact) mass is 203 g/mol. The van der Waals surface area contributed by atoms with Crippen LogP contribution in [-0.2, 0) is 0 Å². The maximum Gasteiger partial charge on any atom is 0.381 e. The first kappa shape index (κ1) is 10.8. The van der Waals surface area contributed by atoms with Crippen LogP contribution in [0.2, 0.25) is 0 Å². The van der Waals surface area contributed by atoms with Crippen LogP contribution in [0.3, 0.4) is 0 Å². The van der Waals surface area contributed by atoms with Gasteiger partial charge in [0, 0.05) is 0 Å². The molecule has 1 aliphatic rings. The summed E-state index contributed by atoms with van der Waals surface area (Å²) in [6.45, 7) is 0. The zero-order valence-electron chi connectivity index (χ0n) is 8.31. The first-order chi connectivity index (χ1) is 5.54. The van der Waals surface area contributed by atoms with E-state index in [2.05, 4.69) is 49.6 Å². The van der Waals surface area contributed by atoms with Crippen molar-refractivity contribution in [2.75, 3.05) is 35.2 Å². The van der Waals surface area contributed by atoms with Gasteiger partial charge in [-0.25, -0.2) is 0 Å². The summed E-state index contributed by atoms with van der Waals surface area (Å²) in [5.74, 6) is 0. The van der Waals surface area contributed by atoms with Crippen molar-refractivity contribution in [1.82, 2.24) is 14.3 Å². The van der Waals surface area contributed by atoms with Gasteiger partial charge in [-0.3, -0.25) is 0 Å². The molecule has 0 saturated carbocycles. The summed E-state index contributed by atoms with van der Waals surface area (Å²) in [4.78, 5) is 4.47. The molecule has 0 aliphatic carbocycles. The van der Waals surface area contributed by atoms with Crippen LogP contribution in [-0.4, -0.2) is 62.1 Å². The van der Waals surface area contributed by atoms with Crippen LogP contribution < -0.4 is 0 Å². The summed E-state index contributed by atoms with van der Waals surface area (Å²) < 4.78 is 2.37. The second-order valence-electron chi connectivity index (χ2n) is 3.44. The quantitative estimate of drug-likeness (QED) is 0.473. The Morgan fingerprint density at radius 3 is 1.42 bits per heavy atom. The predicted molar refractivity (Wildman–Crippen MR) is 61.8 cm³/mol. The highest BCUT2D eigenvalue weighted by atomic mass is 33.1. The molecule has 1 rings (SSSR count). The van der Waals surface area contributed by atoms with Crippen LogP contribution >= 0.6 is 21.3 Å². The molecule has 1 heterocycles. The van der Waals surface area contributed by atoms with Crippen LogP contribution in [0.1, 0.15) is 0 Å². The number of rotatable bonds is 2. The summed E-state index contributed by atoms with van der Waals surface area (Å²) >= 11 is 0. The molecular formula is C5H15B2N3S2. The number of hydrogen-bond acceptors (Lipinski definition) is 5. The maximum absolute atomic E-state index is 2.37. The standard InChI is InChI=1S/C5H15B2N3S2/c1-8(2)6-10(5)7(9(3)4)12-11-6/h1-5H3.